The fraction of sp³-hybridized carbons (Fsp3) is 0.923. The lowest BCUT2D eigenvalue weighted by molar-refractivity contribution is -0.151. The van der Waals surface area contributed by atoms with Gasteiger partial charge in [0.2, 0.25) is 0 Å². The summed E-state index contributed by atoms with van der Waals surface area (Å²) in [5, 5.41) is 0. The van der Waals surface area contributed by atoms with Crippen LogP contribution in [0.2, 0.25) is 0 Å². The molecule has 0 aromatic rings. The molecular weight excluding hydrogens is 202 g/mol. The summed E-state index contributed by atoms with van der Waals surface area (Å²) in [7, 11) is 2.01. The second-order valence-corrected chi connectivity index (χ2v) is 4.83. The Hall–Kier alpha value is -0.570. The highest BCUT2D eigenvalue weighted by molar-refractivity contribution is 5.75. The first kappa shape index (κ1) is 15.4. The fourth-order valence-corrected chi connectivity index (χ4v) is 1.65. The number of hydrogen-bond donors (Lipinski definition) is 0. The lowest BCUT2D eigenvalue weighted by Gasteiger charge is -2.39. The molecule has 0 amide bonds. The van der Waals surface area contributed by atoms with E-state index in [4.69, 9.17) is 4.74 Å². The number of likely N-dealkylation sites (N-methyl/N-ethyl adjacent to an activating group) is 1. The van der Waals surface area contributed by atoms with Gasteiger partial charge < -0.3 is 4.74 Å². The molecule has 96 valence electrons. The Morgan fingerprint density at radius 3 is 2.25 bits per heavy atom. The lowest BCUT2D eigenvalue weighted by atomic mass is 9.96. The van der Waals surface area contributed by atoms with E-state index < -0.39 is 0 Å². The number of carbonyl (C=O) groups excluding carboxylic acids is 1. The normalized spacial score (nSPS) is 13.9. The zero-order valence-corrected chi connectivity index (χ0v) is 11.7. The molecule has 3 heteroatoms. The van der Waals surface area contributed by atoms with Crippen molar-refractivity contribution in [1.29, 1.82) is 0 Å². The topological polar surface area (TPSA) is 29.5 Å². The number of hydrogen-bond acceptors (Lipinski definition) is 3. The van der Waals surface area contributed by atoms with Crippen LogP contribution in [0.4, 0.5) is 0 Å². The van der Waals surface area contributed by atoms with Gasteiger partial charge in [-0.25, -0.2) is 0 Å². The Kier molecular flexibility index (Phi) is 6.65. The van der Waals surface area contributed by atoms with Crippen LogP contribution in [0.1, 0.15) is 53.9 Å². The van der Waals surface area contributed by atoms with Crippen LogP contribution < -0.4 is 0 Å². The minimum atomic E-state index is -0.111. The van der Waals surface area contributed by atoms with Crippen LogP contribution in [0.5, 0.6) is 0 Å². The van der Waals surface area contributed by atoms with Crippen molar-refractivity contribution in [3.63, 3.8) is 0 Å². The van der Waals surface area contributed by atoms with Gasteiger partial charge in [0.25, 0.3) is 0 Å². The quantitative estimate of drug-likeness (QED) is 0.629. The van der Waals surface area contributed by atoms with Crippen molar-refractivity contribution in [3.05, 3.63) is 0 Å². The van der Waals surface area contributed by atoms with E-state index in [0.717, 1.165) is 19.3 Å². The molecule has 0 aromatic carbocycles. The molecule has 0 aromatic heterocycles. The SMILES string of the molecule is CCCC(C(=O)OCC)N(C)C(C)(C)CC. The van der Waals surface area contributed by atoms with Crippen molar-refractivity contribution >= 4 is 5.97 Å². The van der Waals surface area contributed by atoms with Crippen LogP contribution in [-0.2, 0) is 9.53 Å². The van der Waals surface area contributed by atoms with Gasteiger partial charge in [0, 0.05) is 5.54 Å². The van der Waals surface area contributed by atoms with Crippen molar-refractivity contribution in [2.24, 2.45) is 0 Å². The molecular formula is C13H27NO2. The first-order chi connectivity index (χ1) is 7.40. The van der Waals surface area contributed by atoms with Crippen LogP contribution in [0.3, 0.4) is 0 Å². The van der Waals surface area contributed by atoms with E-state index in [2.05, 4.69) is 32.6 Å². The van der Waals surface area contributed by atoms with E-state index >= 15 is 0 Å². The first-order valence-corrected chi connectivity index (χ1v) is 6.30. The minimum absolute atomic E-state index is 0.0343. The average Bonchev–Trinajstić information content (AvgIpc) is 2.25. The summed E-state index contributed by atoms with van der Waals surface area (Å²) in [5.41, 5.74) is 0.0343. The zero-order valence-electron chi connectivity index (χ0n) is 11.7. The molecule has 0 N–H and O–H groups in total. The summed E-state index contributed by atoms with van der Waals surface area (Å²) in [6.07, 6.45) is 2.87. The maximum absolute atomic E-state index is 11.9. The highest BCUT2D eigenvalue weighted by Gasteiger charge is 2.32. The van der Waals surface area contributed by atoms with Gasteiger partial charge in [-0.3, -0.25) is 9.69 Å². The number of ether oxygens (including phenoxy) is 1. The van der Waals surface area contributed by atoms with Crippen molar-refractivity contribution < 1.29 is 9.53 Å². The van der Waals surface area contributed by atoms with E-state index in [9.17, 15) is 4.79 Å². The van der Waals surface area contributed by atoms with Crippen molar-refractivity contribution in [1.82, 2.24) is 4.90 Å². The van der Waals surface area contributed by atoms with E-state index in [1.165, 1.54) is 0 Å². The van der Waals surface area contributed by atoms with Gasteiger partial charge in [-0.1, -0.05) is 20.3 Å². The van der Waals surface area contributed by atoms with E-state index in [1.807, 2.05) is 14.0 Å². The molecule has 0 heterocycles. The number of rotatable bonds is 7. The monoisotopic (exact) mass is 229 g/mol. The van der Waals surface area contributed by atoms with Gasteiger partial charge >= 0.3 is 5.97 Å². The minimum Gasteiger partial charge on any atom is -0.465 e. The molecule has 0 saturated heterocycles. The molecule has 16 heavy (non-hydrogen) atoms. The Bertz CT molecular complexity index is 214. The van der Waals surface area contributed by atoms with E-state index in [0.29, 0.717) is 6.61 Å². The predicted molar refractivity (Wildman–Crippen MR) is 67.5 cm³/mol. The zero-order chi connectivity index (χ0) is 12.8. The molecule has 0 aliphatic carbocycles. The number of nitrogens with zero attached hydrogens (tertiary/aromatic N) is 1. The Labute approximate surface area is 100 Å². The molecule has 0 fully saturated rings. The van der Waals surface area contributed by atoms with Crippen molar-refractivity contribution in [2.75, 3.05) is 13.7 Å². The standard InChI is InChI=1S/C13H27NO2/c1-7-10-11(12(15)16-9-3)14(6)13(4,5)8-2/h11H,7-10H2,1-6H3. The van der Waals surface area contributed by atoms with Crippen LogP contribution in [0, 0.1) is 0 Å². The van der Waals surface area contributed by atoms with Crippen LogP contribution >= 0.6 is 0 Å². The third-order valence-electron chi connectivity index (χ3n) is 3.41. The summed E-state index contributed by atoms with van der Waals surface area (Å²) in [6, 6.07) is -0.111. The molecule has 0 bridgehead atoms. The highest BCUT2D eigenvalue weighted by Crippen LogP contribution is 2.22. The Morgan fingerprint density at radius 1 is 1.31 bits per heavy atom. The third-order valence-corrected chi connectivity index (χ3v) is 3.41. The second kappa shape index (κ2) is 6.89. The summed E-state index contributed by atoms with van der Waals surface area (Å²) < 4.78 is 5.14. The smallest absolute Gasteiger partial charge is 0.323 e. The van der Waals surface area contributed by atoms with E-state index in [-0.39, 0.29) is 17.6 Å². The third kappa shape index (κ3) is 4.12. The van der Waals surface area contributed by atoms with Crippen molar-refractivity contribution in [3.8, 4) is 0 Å². The van der Waals surface area contributed by atoms with Gasteiger partial charge in [-0.2, -0.15) is 0 Å². The summed E-state index contributed by atoms with van der Waals surface area (Å²) in [5.74, 6) is -0.0895. The molecule has 3 nitrogen and oxygen atoms in total. The van der Waals surface area contributed by atoms with Crippen LogP contribution in [0.25, 0.3) is 0 Å². The van der Waals surface area contributed by atoms with Gasteiger partial charge in [0.1, 0.15) is 6.04 Å². The molecule has 1 unspecified atom stereocenters. The predicted octanol–water partition coefficient (Wildman–Crippen LogP) is 2.84. The maximum atomic E-state index is 11.9. The van der Waals surface area contributed by atoms with Gasteiger partial charge in [0.05, 0.1) is 6.61 Å². The van der Waals surface area contributed by atoms with E-state index in [1.54, 1.807) is 0 Å². The average molecular weight is 229 g/mol. The molecule has 0 saturated carbocycles. The molecule has 0 aliphatic heterocycles. The number of carbonyl (C=O) groups is 1. The molecule has 0 rings (SSSR count). The highest BCUT2D eigenvalue weighted by atomic mass is 16.5. The molecule has 0 spiro atoms. The van der Waals surface area contributed by atoms with Crippen LogP contribution in [-0.4, -0.2) is 36.1 Å². The van der Waals surface area contributed by atoms with Gasteiger partial charge in [-0.05, 0) is 40.7 Å². The maximum Gasteiger partial charge on any atom is 0.323 e. The van der Waals surface area contributed by atoms with Gasteiger partial charge in [-0.15, -0.1) is 0 Å². The van der Waals surface area contributed by atoms with Crippen LogP contribution in [0.15, 0.2) is 0 Å². The molecule has 0 aliphatic rings. The molecule has 0 radical (unpaired) electrons. The second-order valence-electron chi connectivity index (χ2n) is 4.83. The number of esters is 1. The lowest BCUT2D eigenvalue weighted by Crippen LogP contribution is -2.50. The summed E-state index contributed by atoms with van der Waals surface area (Å²) >= 11 is 0. The van der Waals surface area contributed by atoms with Gasteiger partial charge in [0.15, 0.2) is 0 Å². The Morgan fingerprint density at radius 2 is 1.88 bits per heavy atom. The fourth-order valence-electron chi connectivity index (χ4n) is 1.65. The summed E-state index contributed by atoms with van der Waals surface area (Å²) in [4.78, 5) is 14.0. The summed E-state index contributed by atoms with van der Waals surface area (Å²) in [6.45, 7) is 10.9. The van der Waals surface area contributed by atoms with Crippen molar-refractivity contribution in [2.45, 2.75) is 65.5 Å². The largest absolute Gasteiger partial charge is 0.465 e. The Balaban J connectivity index is 4.70. The molecule has 1 atom stereocenters. The first-order valence-electron chi connectivity index (χ1n) is 6.30.